The first kappa shape index (κ1) is 24.7. The van der Waals surface area contributed by atoms with Crippen LogP contribution in [0.3, 0.4) is 0 Å². The molecule has 0 fully saturated rings. The van der Waals surface area contributed by atoms with Crippen LogP contribution >= 0.6 is 45.2 Å². The fourth-order valence-corrected chi connectivity index (χ4v) is 5.17. The molecule has 0 saturated heterocycles. The number of rotatable bonds is 7. The van der Waals surface area contributed by atoms with Gasteiger partial charge in [0.25, 0.3) is 5.91 Å². The van der Waals surface area contributed by atoms with Crippen molar-refractivity contribution in [3.05, 3.63) is 95.6 Å². The lowest BCUT2D eigenvalue weighted by molar-refractivity contribution is -0.112. The van der Waals surface area contributed by atoms with E-state index in [9.17, 15) is 15.3 Å². The number of hydrogen-bond acceptors (Lipinski definition) is 4. The Labute approximate surface area is 220 Å². The Morgan fingerprint density at radius 1 is 1.06 bits per heavy atom. The molecule has 3 rings (SSSR count). The molecule has 0 saturated carbocycles. The molecule has 3 aromatic carbocycles. The summed E-state index contributed by atoms with van der Waals surface area (Å²) in [6.45, 7) is 2.34. The van der Waals surface area contributed by atoms with Crippen LogP contribution in [0.2, 0.25) is 0 Å². The first-order valence-electron chi connectivity index (χ1n) is 10.1. The van der Waals surface area contributed by atoms with Crippen LogP contribution in [0.4, 0.5) is 5.69 Å². The van der Waals surface area contributed by atoms with Crippen LogP contribution in [0.15, 0.2) is 66.2 Å². The highest BCUT2D eigenvalue weighted by molar-refractivity contribution is 14.1. The Morgan fingerprint density at radius 3 is 2.33 bits per heavy atom. The molecule has 5 nitrogen and oxygen atoms in total. The van der Waals surface area contributed by atoms with Gasteiger partial charge in [-0.25, -0.2) is 0 Å². The average molecular weight is 659 g/mol. The number of aryl methyl sites for hydroxylation is 1. The van der Waals surface area contributed by atoms with E-state index in [1.54, 1.807) is 12.1 Å². The zero-order valence-electron chi connectivity index (χ0n) is 17.7. The summed E-state index contributed by atoms with van der Waals surface area (Å²) in [6, 6.07) is 22.7. The van der Waals surface area contributed by atoms with Crippen molar-refractivity contribution in [3.8, 4) is 17.9 Å². The molecule has 7 heteroatoms. The lowest BCUT2D eigenvalue weighted by Crippen LogP contribution is -2.13. The number of anilines is 1. The van der Waals surface area contributed by atoms with E-state index in [2.05, 4.69) is 63.5 Å². The monoisotopic (exact) mass is 659 g/mol. The Morgan fingerprint density at radius 2 is 1.73 bits per heavy atom. The Bertz CT molecular complexity index is 1260. The number of nitriles is 2. The quantitative estimate of drug-likeness (QED) is 0.180. The van der Waals surface area contributed by atoms with Crippen LogP contribution in [0.1, 0.15) is 29.2 Å². The fraction of sp³-hybridized carbons (Fsp3) is 0.115. The van der Waals surface area contributed by atoms with Gasteiger partial charge in [0.2, 0.25) is 0 Å². The van der Waals surface area contributed by atoms with Crippen LogP contribution in [0, 0.1) is 29.8 Å². The third-order valence-electron chi connectivity index (χ3n) is 4.83. The molecule has 0 bridgehead atoms. The molecule has 164 valence electrons. The summed E-state index contributed by atoms with van der Waals surface area (Å²) in [7, 11) is 0. The minimum atomic E-state index is -0.458. The molecule has 33 heavy (non-hydrogen) atoms. The lowest BCUT2D eigenvalue weighted by atomic mass is 10.1. The highest BCUT2D eigenvalue weighted by Crippen LogP contribution is 2.31. The predicted octanol–water partition coefficient (Wildman–Crippen LogP) is 6.45. The van der Waals surface area contributed by atoms with Crippen LogP contribution < -0.4 is 10.1 Å². The summed E-state index contributed by atoms with van der Waals surface area (Å²) in [4.78, 5) is 12.6. The zero-order chi connectivity index (χ0) is 23.8. The summed E-state index contributed by atoms with van der Waals surface area (Å²) >= 11 is 4.33. The van der Waals surface area contributed by atoms with Gasteiger partial charge in [-0.05, 0) is 99.1 Å². The molecule has 0 aliphatic rings. The first-order valence-corrected chi connectivity index (χ1v) is 12.2. The van der Waals surface area contributed by atoms with Crippen molar-refractivity contribution < 1.29 is 9.53 Å². The molecule has 1 amide bonds. The van der Waals surface area contributed by atoms with Gasteiger partial charge in [-0.3, -0.25) is 4.79 Å². The van der Waals surface area contributed by atoms with Crippen LogP contribution in [-0.4, -0.2) is 5.91 Å². The van der Waals surface area contributed by atoms with Crippen LogP contribution in [0.5, 0.6) is 5.75 Å². The number of amides is 1. The Kier molecular flexibility index (Phi) is 8.87. The summed E-state index contributed by atoms with van der Waals surface area (Å²) in [5, 5.41) is 21.6. The lowest BCUT2D eigenvalue weighted by Gasteiger charge is -2.12. The van der Waals surface area contributed by atoms with Crippen molar-refractivity contribution in [2.45, 2.75) is 20.0 Å². The van der Waals surface area contributed by atoms with E-state index in [-0.39, 0.29) is 12.2 Å². The Hall–Kier alpha value is -2.89. The average Bonchev–Trinajstić information content (AvgIpc) is 2.82. The number of benzene rings is 3. The number of ether oxygens (including phenoxy) is 1. The van der Waals surface area contributed by atoms with Crippen molar-refractivity contribution >= 4 is 62.9 Å². The summed E-state index contributed by atoms with van der Waals surface area (Å²) in [6.07, 6.45) is 2.48. The van der Waals surface area contributed by atoms with Gasteiger partial charge in [0.05, 0.1) is 18.8 Å². The van der Waals surface area contributed by atoms with Crippen molar-refractivity contribution in [1.29, 1.82) is 10.5 Å². The third kappa shape index (κ3) is 6.56. The predicted molar refractivity (Wildman–Crippen MR) is 145 cm³/mol. The molecular formula is C26H19I2N3O2. The summed E-state index contributed by atoms with van der Waals surface area (Å²) in [5.41, 5.74) is 3.94. The number of carbonyl (C=O) groups is 1. The maximum Gasteiger partial charge on any atom is 0.266 e. The normalized spacial score (nSPS) is 10.8. The van der Waals surface area contributed by atoms with Gasteiger partial charge in [-0.2, -0.15) is 10.5 Å². The molecule has 3 aromatic rings. The molecule has 0 spiro atoms. The van der Waals surface area contributed by atoms with E-state index in [1.165, 1.54) is 5.56 Å². The summed E-state index contributed by atoms with van der Waals surface area (Å²) < 4.78 is 7.68. The number of carbonyl (C=O) groups excluding carboxylic acids is 1. The van der Waals surface area contributed by atoms with Crippen molar-refractivity contribution in [2.24, 2.45) is 0 Å². The van der Waals surface area contributed by atoms with Crippen molar-refractivity contribution in [1.82, 2.24) is 0 Å². The van der Waals surface area contributed by atoms with E-state index in [0.717, 1.165) is 24.7 Å². The van der Waals surface area contributed by atoms with Crippen LogP contribution in [-0.2, 0) is 17.8 Å². The first-order chi connectivity index (χ1) is 15.9. The molecule has 0 aromatic heterocycles. The van der Waals surface area contributed by atoms with Crippen LogP contribution in [0.25, 0.3) is 6.08 Å². The molecule has 0 radical (unpaired) electrons. The van der Waals surface area contributed by atoms with E-state index in [4.69, 9.17) is 4.74 Å². The molecule has 0 unspecified atom stereocenters. The summed E-state index contributed by atoms with van der Waals surface area (Å²) in [5.74, 6) is 0.236. The second kappa shape index (κ2) is 11.8. The van der Waals surface area contributed by atoms with Gasteiger partial charge in [-0.1, -0.05) is 37.3 Å². The highest BCUT2D eigenvalue weighted by atomic mass is 127. The SMILES string of the molecule is CCc1ccc(NC(=O)/C(C#N)=C/c2cc(I)c(OCc3ccccc3C#N)c(I)c2)cc1. The highest BCUT2D eigenvalue weighted by Gasteiger charge is 2.13. The maximum atomic E-state index is 12.6. The largest absolute Gasteiger partial charge is 0.487 e. The van der Waals surface area contributed by atoms with Crippen molar-refractivity contribution in [2.75, 3.05) is 5.32 Å². The van der Waals surface area contributed by atoms with Gasteiger partial charge in [0.15, 0.2) is 0 Å². The standard InChI is InChI=1S/C26H19I2N3O2/c1-2-17-7-9-22(10-8-17)31-26(32)21(15-30)11-18-12-23(27)25(24(28)13-18)33-16-20-6-4-3-5-19(20)14-29/h3-13H,2,16H2,1H3,(H,31,32)/b21-11+. The molecule has 1 N–H and O–H groups in total. The van der Waals surface area contributed by atoms with Gasteiger partial charge in [0, 0.05) is 11.3 Å². The smallest absolute Gasteiger partial charge is 0.266 e. The molecule has 0 aliphatic heterocycles. The Balaban J connectivity index is 1.77. The van der Waals surface area contributed by atoms with Gasteiger partial charge in [-0.15, -0.1) is 0 Å². The second-order valence-electron chi connectivity index (χ2n) is 7.05. The van der Waals surface area contributed by atoms with Gasteiger partial charge < -0.3 is 10.1 Å². The number of halogens is 2. The van der Waals surface area contributed by atoms with Gasteiger partial charge in [0.1, 0.15) is 24.0 Å². The number of hydrogen-bond donors (Lipinski definition) is 1. The number of nitrogens with one attached hydrogen (secondary N) is 1. The van der Waals surface area contributed by atoms with E-state index in [1.807, 2.05) is 60.7 Å². The molecule has 0 aliphatic carbocycles. The number of nitrogens with zero attached hydrogens (tertiary/aromatic N) is 2. The van der Waals surface area contributed by atoms with Crippen molar-refractivity contribution in [3.63, 3.8) is 0 Å². The van der Waals surface area contributed by atoms with E-state index < -0.39 is 5.91 Å². The topological polar surface area (TPSA) is 85.9 Å². The zero-order valence-corrected chi connectivity index (χ0v) is 22.0. The third-order valence-corrected chi connectivity index (χ3v) is 6.43. The fourth-order valence-electron chi connectivity index (χ4n) is 3.04. The van der Waals surface area contributed by atoms with E-state index in [0.29, 0.717) is 17.0 Å². The minimum absolute atomic E-state index is 0.0118. The minimum Gasteiger partial charge on any atom is -0.487 e. The maximum absolute atomic E-state index is 12.6. The van der Waals surface area contributed by atoms with E-state index >= 15 is 0 Å². The molecular weight excluding hydrogens is 640 g/mol. The molecule has 0 heterocycles. The van der Waals surface area contributed by atoms with Gasteiger partial charge >= 0.3 is 0 Å². The molecule has 0 atom stereocenters. The second-order valence-corrected chi connectivity index (χ2v) is 9.37.